The van der Waals surface area contributed by atoms with E-state index < -0.39 is 22.6 Å². The van der Waals surface area contributed by atoms with Gasteiger partial charge in [-0.1, -0.05) is 36.4 Å². The second-order valence-electron chi connectivity index (χ2n) is 6.18. The van der Waals surface area contributed by atoms with E-state index >= 15 is 0 Å². The molecule has 0 aliphatic heterocycles. The minimum Gasteiger partial charge on any atom is -0.350 e. The lowest BCUT2D eigenvalue weighted by molar-refractivity contribution is -0.384. The molecule has 0 saturated carbocycles. The average molecular weight is 439 g/mol. The van der Waals surface area contributed by atoms with Crippen LogP contribution in [0.25, 0.3) is 11.3 Å². The Labute approximate surface area is 180 Å². The maximum Gasteiger partial charge on any atom is 0.315 e. The first-order valence-corrected chi connectivity index (χ1v) is 9.95. The van der Waals surface area contributed by atoms with Crippen LogP contribution in [-0.2, 0) is 9.59 Å². The second-order valence-corrected chi connectivity index (χ2v) is 7.04. The van der Waals surface area contributed by atoms with Gasteiger partial charge in [-0.15, -0.1) is 11.3 Å². The number of nitro benzene ring substituents is 1. The van der Waals surface area contributed by atoms with Crippen LogP contribution in [0, 0.1) is 10.1 Å². The van der Waals surface area contributed by atoms with Crippen molar-refractivity contribution >= 4 is 39.9 Å². The zero-order chi connectivity index (χ0) is 22.2. The Hall–Kier alpha value is -4.12. The first-order valence-electron chi connectivity index (χ1n) is 9.07. The van der Waals surface area contributed by atoms with Crippen LogP contribution in [0.15, 0.2) is 60.0 Å². The topological polar surface area (TPSA) is 143 Å². The lowest BCUT2D eigenvalue weighted by Gasteiger charge is -2.07. The van der Waals surface area contributed by atoms with Crippen molar-refractivity contribution in [2.45, 2.75) is 0 Å². The molecule has 0 radical (unpaired) electrons. The third kappa shape index (κ3) is 5.93. The van der Waals surface area contributed by atoms with Crippen LogP contribution in [-0.4, -0.2) is 40.7 Å². The number of hydrogen-bond acceptors (Lipinski definition) is 7. The highest BCUT2D eigenvalue weighted by atomic mass is 32.1. The molecule has 11 heteroatoms. The smallest absolute Gasteiger partial charge is 0.315 e. The maximum absolute atomic E-state index is 12.0. The molecular formula is C20H17N5O5S. The van der Waals surface area contributed by atoms with E-state index in [1.165, 1.54) is 29.5 Å². The Morgan fingerprint density at radius 2 is 1.71 bits per heavy atom. The molecule has 2 aromatic carbocycles. The molecule has 0 bridgehead atoms. The zero-order valence-corrected chi connectivity index (χ0v) is 16.8. The van der Waals surface area contributed by atoms with Crippen LogP contribution >= 0.6 is 11.3 Å². The molecule has 0 aliphatic rings. The maximum atomic E-state index is 12.0. The number of amides is 3. The van der Waals surface area contributed by atoms with E-state index in [0.717, 1.165) is 11.6 Å². The van der Waals surface area contributed by atoms with Crippen molar-refractivity contribution in [1.29, 1.82) is 0 Å². The van der Waals surface area contributed by atoms with E-state index in [-0.39, 0.29) is 29.5 Å². The van der Waals surface area contributed by atoms with Crippen molar-refractivity contribution in [3.63, 3.8) is 0 Å². The normalized spacial score (nSPS) is 10.2. The van der Waals surface area contributed by atoms with Crippen LogP contribution in [0.5, 0.6) is 0 Å². The number of benzene rings is 2. The highest BCUT2D eigenvalue weighted by Crippen LogP contribution is 2.24. The van der Waals surface area contributed by atoms with Gasteiger partial charge in [0.05, 0.1) is 10.6 Å². The van der Waals surface area contributed by atoms with Crippen molar-refractivity contribution in [2.75, 3.05) is 18.4 Å². The molecule has 0 saturated heterocycles. The SMILES string of the molecule is O=C(NCCNC(=O)c1cccc([N+](=O)[O-])c1)C(=O)Nc1nc(-c2ccccc2)cs1. The number of carbonyl (C=O) groups excluding carboxylic acids is 3. The van der Waals surface area contributed by atoms with Crippen LogP contribution in [0.4, 0.5) is 10.8 Å². The summed E-state index contributed by atoms with van der Waals surface area (Å²) in [4.78, 5) is 50.4. The highest BCUT2D eigenvalue weighted by molar-refractivity contribution is 7.14. The minimum absolute atomic E-state index is 0.0000541. The number of non-ortho nitro benzene ring substituents is 1. The van der Waals surface area contributed by atoms with Crippen molar-refractivity contribution < 1.29 is 19.3 Å². The summed E-state index contributed by atoms with van der Waals surface area (Å²) in [6, 6.07) is 14.7. The number of carbonyl (C=O) groups is 3. The third-order valence-electron chi connectivity index (χ3n) is 4.02. The molecule has 1 heterocycles. The summed E-state index contributed by atoms with van der Waals surface area (Å²) < 4.78 is 0. The molecule has 10 nitrogen and oxygen atoms in total. The molecule has 3 amide bonds. The van der Waals surface area contributed by atoms with Crippen molar-refractivity contribution in [3.05, 3.63) is 75.7 Å². The van der Waals surface area contributed by atoms with Crippen LogP contribution in [0.3, 0.4) is 0 Å². The van der Waals surface area contributed by atoms with Gasteiger partial charge in [-0.2, -0.15) is 0 Å². The largest absolute Gasteiger partial charge is 0.350 e. The second kappa shape index (κ2) is 10.1. The molecule has 0 unspecified atom stereocenters. The van der Waals surface area contributed by atoms with Crippen molar-refractivity contribution in [1.82, 2.24) is 15.6 Å². The monoisotopic (exact) mass is 439 g/mol. The fourth-order valence-electron chi connectivity index (χ4n) is 2.52. The Morgan fingerprint density at radius 3 is 2.45 bits per heavy atom. The molecule has 0 atom stereocenters. The van der Waals surface area contributed by atoms with Gasteiger partial charge in [0.1, 0.15) is 0 Å². The van der Waals surface area contributed by atoms with E-state index in [2.05, 4.69) is 20.9 Å². The lowest BCUT2D eigenvalue weighted by Crippen LogP contribution is -2.40. The number of nitro groups is 1. The van der Waals surface area contributed by atoms with Crippen molar-refractivity contribution in [3.8, 4) is 11.3 Å². The number of nitrogens with zero attached hydrogens (tertiary/aromatic N) is 2. The fraction of sp³-hybridized carbons (Fsp3) is 0.100. The molecular weight excluding hydrogens is 422 g/mol. The number of nitrogens with one attached hydrogen (secondary N) is 3. The first kappa shape index (κ1) is 21.6. The Morgan fingerprint density at radius 1 is 0.968 bits per heavy atom. The molecule has 0 spiro atoms. The molecule has 158 valence electrons. The van der Waals surface area contributed by atoms with E-state index in [0.29, 0.717) is 5.69 Å². The minimum atomic E-state index is -0.876. The molecule has 3 aromatic rings. The van der Waals surface area contributed by atoms with E-state index in [4.69, 9.17) is 0 Å². The molecule has 3 rings (SSSR count). The number of rotatable bonds is 7. The predicted molar refractivity (Wildman–Crippen MR) is 115 cm³/mol. The lowest BCUT2D eigenvalue weighted by atomic mass is 10.2. The Kier molecular flexibility index (Phi) is 7.01. The van der Waals surface area contributed by atoms with Gasteiger partial charge < -0.3 is 10.6 Å². The molecule has 0 aliphatic carbocycles. The summed E-state index contributed by atoms with van der Waals surface area (Å²) in [6.45, 7) is 0.0377. The van der Waals surface area contributed by atoms with Crippen LogP contribution < -0.4 is 16.0 Å². The van der Waals surface area contributed by atoms with Gasteiger partial charge in [0, 0.05) is 41.7 Å². The standard InChI is InChI=1S/C20H17N5O5S/c26-17(14-7-4-8-15(11-14)25(29)30)21-9-10-22-18(27)19(28)24-20-23-16(12-31-20)13-5-2-1-3-6-13/h1-8,11-12H,9-10H2,(H,21,26)(H,22,27)(H,23,24,28). The van der Waals surface area contributed by atoms with Gasteiger partial charge in [-0.05, 0) is 6.07 Å². The molecule has 3 N–H and O–H groups in total. The van der Waals surface area contributed by atoms with Crippen LogP contribution in [0.1, 0.15) is 10.4 Å². The number of anilines is 1. The zero-order valence-electron chi connectivity index (χ0n) is 16.0. The fourth-order valence-corrected chi connectivity index (χ4v) is 3.24. The summed E-state index contributed by atoms with van der Waals surface area (Å²) in [7, 11) is 0. The Balaban J connectivity index is 1.43. The summed E-state index contributed by atoms with van der Waals surface area (Å²) in [5.74, 6) is -2.28. The highest BCUT2D eigenvalue weighted by Gasteiger charge is 2.16. The van der Waals surface area contributed by atoms with Gasteiger partial charge in [0.25, 0.3) is 11.6 Å². The van der Waals surface area contributed by atoms with Crippen LogP contribution in [0.2, 0.25) is 0 Å². The van der Waals surface area contributed by atoms with Gasteiger partial charge >= 0.3 is 11.8 Å². The average Bonchev–Trinajstić information content (AvgIpc) is 3.25. The number of thiazole rings is 1. The van der Waals surface area contributed by atoms with E-state index in [1.807, 2.05) is 30.3 Å². The van der Waals surface area contributed by atoms with Crippen molar-refractivity contribution in [2.24, 2.45) is 0 Å². The summed E-state index contributed by atoms with van der Waals surface area (Å²) in [6.07, 6.45) is 0. The molecule has 31 heavy (non-hydrogen) atoms. The predicted octanol–water partition coefficient (Wildman–Crippen LogP) is 2.20. The van der Waals surface area contributed by atoms with Gasteiger partial charge in [-0.3, -0.25) is 29.8 Å². The summed E-state index contributed by atoms with van der Waals surface area (Å²) >= 11 is 1.20. The molecule has 0 fully saturated rings. The van der Waals surface area contributed by atoms with Gasteiger partial charge in [-0.25, -0.2) is 4.98 Å². The first-order chi connectivity index (χ1) is 14.9. The quantitative estimate of drug-likeness (QED) is 0.223. The van der Waals surface area contributed by atoms with Gasteiger partial charge in [0.15, 0.2) is 5.13 Å². The van der Waals surface area contributed by atoms with E-state index in [1.54, 1.807) is 5.38 Å². The molecule has 1 aromatic heterocycles. The summed E-state index contributed by atoms with van der Waals surface area (Å²) in [5.41, 5.74) is 1.50. The number of hydrogen-bond donors (Lipinski definition) is 3. The van der Waals surface area contributed by atoms with Gasteiger partial charge in [0.2, 0.25) is 0 Å². The van der Waals surface area contributed by atoms with E-state index in [9.17, 15) is 24.5 Å². The number of aromatic nitrogens is 1. The Bertz CT molecular complexity index is 1120. The summed E-state index contributed by atoms with van der Waals surface area (Å²) in [5, 5.41) is 20.1. The third-order valence-corrected chi connectivity index (χ3v) is 4.77.